The normalized spacial score (nSPS) is 14.7. The molecule has 1 fully saturated rings. The van der Waals surface area contributed by atoms with E-state index in [2.05, 4.69) is 5.32 Å². The van der Waals surface area contributed by atoms with Crippen LogP contribution in [0.1, 0.15) is 31.2 Å². The Labute approximate surface area is 118 Å². The lowest BCUT2D eigenvalue weighted by Gasteiger charge is -2.13. The van der Waals surface area contributed by atoms with E-state index >= 15 is 0 Å². The summed E-state index contributed by atoms with van der Waals surface area (Å²) in [5, 5.41) is 2.82. The number of amides is 3. The van der Waals surface area contributed by atoms with Crippen molar-refractivity contribution in [2.45, 2.75) is 32.2 Å². The molecule has 5 heteroatoms. The van der Waals surface area contributed by atoms with Crippen molar-refractivity contribution in [2.75, 3.05) is 6.54 Å². The van der Waals surface area contributed by atoms with Gasteiger partial charge in [0.1, 0.15) is 0 Å². The second-order valence-electron chi connectivity index (χ2n) is 4.80. The Bertz CT molecular complexity index is 483. The second kappa shape index (κ2) is 6.84. The molecule has 0 aliphatic carbocycles. The predicted octanol–water partition coefficient (Wildman–Crippen LogP) is 1.23. The topological polar surface area (TPSA) is 66.5 Å². The summed E-state index contributed by atoms with van der Waals surface area (Å²) in [7, 11) is 0. The van der Waals surface area contributed by atoms with Gasteiger partial charge in [0.05, 0.1) is 0 Å². The number of hydrogen-bond acceptors (Lipinski definition) is 3. The summed E-state index contributed by atoms with van der Waals surface area (Å²) in [6, 6.07) is 9.66. The zero-order chi connectivity index (χ0) is 14.4. The van der Waals surface area contributed by atoms with E-state index in [1.165, 1.54) is 4.90 Å². The molecule has 1 aromatic rings. The first kappa shape index (κ1) is 14.2. The quantitative estimate of drug-likeness (QED) is 0.793. The number of nitrogens with zero attached hydrogens (tertiary/aromatic N) is 1. The molecule has 1 saturated heterocycles. The highest BCUT2D eigenvalue weighted by atomic mass is 16.2. The number of likely N-dealkylation sites (tertiary alicyclic amines) is 1. The molecule has 0 saturated carbocycles. The Morgan fingerprint density at radius 1 is 1.10 bits per heavy atom. The number of nitrogens with one attached hydrogen (secondary N) is 1. The first-order valence-electron chi connectivity index (χ1n) is 6.80. The van der Waals surface area contributed by atoms with Gasteiger partial charge in [0.25, 0.3) is 0 Å². The van der Waals surface area contributed by atoms with Crippen molar-refractivity contribution in [1.29, 1.82) is 0 Å². The van der Waals surface area contributed by atoms with Gasteiger partial charge >= 0.3 is 0 Å². The second-order valence-corrected chi connectivity index (χ2v) is 4.80. The summed E-state index contributed by atoms with van der Waals surface area (Å²) in [5.41, 5.74) is 1.05. The van der Waals surface area contributed by atoms with E-state index in [1.54, 1.807) is 0 Å². The first-order valence-corrected chi connectivity index (χ1v) is 6.80. The van der Waals surface area contributed by atoms with Crippen LogP contribution in [0.25, 0.3) is 0 Å². The van der Waals surface area contributed by atoms with E-state index in [1.807, 2.05) is 30.3 Å². The summed E-state index contributed by atoms with van der Waals surface area (Å²) in [4.78, 5) is 35.7. The smallest absolute Gasteiger partial charge is 0.229 e. The van der Waals surface area contributed by atoms with Crippen LogP contribution in [0.4, 0.5) is 0 Å². The summed E-state index contributed by atoms with van der Waals surface area (Å²) in [6.07, 6.45) is 1.44. The van der Waals surface area contributed by atoms with Crippen molar-refractivity contribution in [3.8, 4) is 0 Å². The van der Waals surface area contributed by atoms with Gasteiger partial charge in [0, 0.05) is 32.4 Å². The van der Waals surface area contributed by atoms with Gasteiger partial charge in [0.15, 0.2) is 0 Å². The van der Waals surface area contributed by atoms with Crippen molar-refractivity contribution in [3.05, 3.63) is 35.9 Å². The van der Waals surface area contributed by atoms with Gasteiger partial charge in [-0.15, -0.1) is 0 Å². The number of imide groups is 1. The molecule has 1 aromatic carbocycles. The third kappa shape index (κ3) is 3.91. The van der Waals surface area contributed by atoms with Gasteiger partial charge in [-0.1, -0.05) is 30.3 Å². The number of benzene rings is 1. The predicted molar refractivity (Wildman–Crippen MR) is 73.5 cm³/mol. The Morgan fingerprint density at radius 3 is 2.40 bits per heavy atom. The number of carbonyl (C=O) groups is 3. The molecule has 1 aliphatic heterocycles. The molecule has 106 valence electrons. The maximum Gasteiger partial charge on any atom is 0.229 e. The highest BCUT2D eigenvalue weighted by molar-refractivity contribution is 6.01. The molecule has 1 aliphatic rings. The van der Waals surface area contributed by atoms with E-state index in [0.717, 1.165) is 5.56 Å². The lowest BCUT2D eigenvalue weighted by atomic mass is 10.2. The molecular weight excluding hydrogens is 256 g/mol. The number of hydrogen-bond donors (Lipinski definition) is 1. The highest BCUT2D eigenvalue weighted by Crippen LogP contribution is 2.12. The van der Waals surface area contributed by atoms with E-state index in [9.17, 15) is 14.4 Å². The van der Waals surface area contributed by atoms with E-state index in [-0.39, 0.29) is 17.7 Å². The van der Waals surface area contributed by atoms with Crippen LogP contribution in [0.3, 0.4) is 0 Å². The van der Waals surface area contributed by atoms with E-state index < -0.39 is 0 Å². The molecule has 0 atom stereocenters. The molecule has 2 rings (SSSR count). The van der Waals surface area contributed by atoms with Gasteiger partial charge < -0.3 is 5.32 Å². The van der Waals surface area contributed by atoms with Crippen LogP contribution >= 0.6 is 0 Å². The highest BCUT2D eigenvalue weighted by Gasteiger charge is 2.28. The Morgan fingerprint density at radius 2 is 1.75 bits per heavy atom. The fraction of sp³-hybridized carbons (Fsp3) is 0.400. The zero-order valence-corrected chi connectivity index (χ0v) is 11.3. The zero-order valence-electron chi connectivity index (χ0n) is 11.3. The summed E-state index contributed by atoms with van der Waals surface area (Å²) >= 11 is 0. The van der Waals surface area contributed by atoms with E-state index in [4.69, 9.17) is 0 Å². The minimum absolute atomic E-state index is 0.0621. The molecule has 20 heavy (non-hydrogen) atoms. The third-order valence-electron chi connectivity index (χ3n) is 3.27. The Balaban J connectivity index is 1.65. The molecule has 3 amide bonds. The van der Waals surface area contributed by atoms with Crippen LogP contribution in [-0.4, -0.2) is 29.2 Å². The van der Waals surface area contributed by atoms with E-state index in [0.29, 0.717) is 38.8 Å². The first-order chi connectivity index (χ1) is 9.66. The molecule has 0 spiro atoms. The molecule has 0 radical (unpaired) electrons. The van der Waals surface area contributed by atoms with Gasteiger partial charge in [0.2, 0.25) is 17.7 Å². The summed E-state index contributed by atoms with van der Waals surface area (Å²) in [6.45, 7) is 0.845. The van der Waals surface area contributed by atoms with Crippen LogP contribution in [0.5, 0.6) is 0 Å². The van der Waals surface area contributed by atoms with Crippen LogP contribution in [0.2, 0.25) is 0 Å². The molecule has 0 aromatic heterocycles. The van der Waals surface area contributed by atoms with Crippen LogP contribution in [-0.2, 0) is 20.9 Å². The largest absolute Gasteiger partial charge is 0.352 e. The molecule has 1 N–H and O–H groups in total. The SMILES string of the molecule is O=C(CCCN1C(=O)CCC1=O)NCc1ccccc1. The lowest BCUT2D eigenvalue weighted by Crippen LogP contribution is -2.31. The van der Waals surface area contributed by atoms with Gasteiger partial charge in [-0.25, -0.2) is 0 Å². The van der Waals surface area contributed by atoms with Crippen molar-refractivity contribution in [1.82, 2.24) is 10.2 Å². The fourth-order valence-electron chi connectivity index (χ4n) is 2.15. The maximum atomic E-state index is 11.7. The summed E-state index contributed by atoms with van der Waals surface area (Å²) < 4.78 is 0. The Hall–Kier alpha value is -2.17. The maximum absolute atomic E-state index is 11.7. The molecule has 0 bridgehead atoms. The van der Waals surface area contributed by atoms with Gasteiger partial charge in [-0.2, -0.15) is 0 Å². The molecular formula is C15H18N2O3. The van der Waals surface area contributed by atoms with Crippen LogP contribution < -0.4 is 5.32 Å². The van der Waals surface area contributed by atoms with Crippen LogP contribution in [0.15, 0.2) is 30.3 Å². The fourth-order valence-corrected chi connectivity index (χ4v) is 2.15. The minimum atomic E-state index is -0.125. The summed E-state index contributed by atoms with van der Waals surface area (Å²) in [5.74, 6) is -0.313. The number of carbonyl (C=O) groups excluding carboxylic acids is 3. The van der Waals surface area contributed by atoms with Crippen molar-refractivity contribution < 1.29 is 14.4 Å². The standard InChI is InChI=1S/C15H18N2O3/c18-13(16-11-12-5-2-1-3-6-12)7-4-10-17-14(19)8-9-15(17)20/h1-3,5-6H,4,7-11H2,(H,16,18). The van der Waals surface area contributed by atoms with Crippen molar-refractivity contribution in [3.63, 3.8) is 0 Å². The van der Waals surface area contributed by atoms with Crippen LogP contribution in [0, 0.1) is 0 Å². The minimum Gasteiger partial charge on any atom is -0.352 e. The van der Waals surface area contributed by atoms with Crippen molar-refractivity contribution >= 4 is 17.7 Å². The Kier molecular flexibility index (Phi) is 4.87. The van der Waals surface area contributed by atoms with Gasteiger partial charge in [-0.05, 0) is 12.0 Å². The third-order valence-corrected chi connectivity index (χ3v) is 3.27. The molecule has 5 nitrogen and oxygen atoms in total. The lowest BCUT2D eigenvalue weighted by molar-refractivity contribution is -0.138. The van der Waals surface area contributed by atoms with Gasteiger partial charge in [-0.3, -0.25) is 19.3 Å². The number of rotatable bonds is 6. The average molecular weight is 274 g/mol. The van der Waals surface area contributed by atoms with Crippen molar-refractivity contribution in [2.24, 2.45) is 0 Å². The molecule has 1 heterocycles. The monoisotopic (exact) mass is 274 g/mol. The average Bonchev–Trinajstić information content (AvgIpc) is 2.78. The molecule has 0 unspecified atom stereocenters.